The molecule has 0 radical (unpaired) electrons. The molecule has 0 bridgehead atoms. The van der Waals surface area contributed by atoms with Gasteiger partial charge in [0.25, 0.3) is 0 Å². The Balaban J connectivity index is 2.50. The molecule has 1 rings (SSSR count). The molecule has 1 atom stereocenters. The molecule has 0 aliphatic carbocycles. The lowest BCUT2D eigenvalue weighted by Gasteiger charge is -2.07. The van der Waals surface area contributed by atoms with Gasteiger partial charge in [-0.05, 0) is 12.8 Å². The number of nitrogens with zero attached hydrogens (tertiary/aromatic N) is 2. The van der Waals surface area contributed by atoms with Crippen molar-refractivity contribution in [3.8, 4) is 0 Å². The van der Waals surface area contributed by atoms with Gasteiger partial charge in [0.2, 0.25) is 0 Å². The monoisotopic (exact) mass is 152 g/mol. The van der Waals surface area contributed by atoms with E-state index < -0.39 is 0 Å². The fourth-order valence-corrected chi connectivity index (χ4v) is 1.06. The maximum Gasteiger partial charge on any atom is 0.0949 e. The van der Waals surface area contributed by atoms with Crippen LogP contribution in [0.1, 0.15) is 26.0 Å². The molecular weight excluding hydrogens is 136 g/mol. The zero-order valence-electron chi connectivity index (χ0n) is 7.54. The van der Waals surface area contributed by atoms with Crippen LogP contribution in [0.3, 0.4) is 0 Å². The van der Waals surface area contributed by atoms with Crippen molar-refractivity contribution in [2.24, 2.45) is 5.92 Å². The van der Waals surface area contributed by atoms with Gasteiger partial charge in [0.15, 0.2) is 0 Å². The number of hydrogen-bond acceptors (Lipinski definition) is 1. The molecule has 1 aromatic rings. The fourth-order valence-electron chi connectivity index (χ4n) is 1.06. The number of hydrogen-bond donors (Lipinski definition) is 0. The second-order valence-electron chi connectivity index (χ2n) is 3.23. The molecule has 11 heavy (non-hydrogen) atoms. The summed E-state index contributed by atoms with van der Waals surface area (Å²) in [4.78, 5) is 4.17. The van der Waals surface area contributed by atoms with Crippen LogP contribution in [-0.2, 0) is 6.54 Å². The van der Waals surface area contributed by atoms with Crippen molar-refractivity contribution < 1.29 is 0 Å². The van der Waals surface area contributed by atoms with E-state index in [1.54, 1.807) is 0 Å². The van der Waals surface area contributed by atoms with Crippen LogP contribution in [0.4, 0.5) is 0 Å². The predicted molar refractivity (Wildman–Crippen MR) is 46.4 cm³/mol. The van der Waals surface area contributed by atoms with Crippen LogP contribution in [0.25, 0.3) is 0 Å². The van der Waals surface area contributed by atoms with Gasteiger partial charge in [0.05, 0.1) is 12.0 Å². The summed E-state index contributed by atoms with van der Waals surface area (Å²) in [5, 5.41) is 0. The summed E-state index contributed by atoms with van der Waals surface area (Å²) in [6.07, 6.45) is 5.23. The first-order valence-corrected chi connectivity index (χ1v) is 4.20. The molecule has 0 N–H and O–H groups in total. The van der Waals surface area contributed by atoms with Crippen LogP contribution < -0.4 is 0 Å². The summed E-state index contributed by atoms with van der Waals surface area (Å²) in [5.74, 6) is 0.753. The van der Waals surface area contributed by atoms with Gasteiger partial charge in [0, 0.05) is 12.7 Å². The van der Waals surface area contributed by atoms with Gasteiger partial charge in [-0.3, -0.25) is 0 Å². The lowest BCUT2D eigenvalue weighted by molar-refractivity contribution is 0.468. The zero-order valence-corrected chi connectivity index (χ0v) is 7.54. The molecule has 0 saturated carbocycles. The van der Waals surface area contributed by atoms with E-state index in [-0.39, 0.29) is 0 Å². The van der Waals surface area contributed by atoms with Crippen molar-refractivity contribution >= 4 is 0 Å². The van der Waals surface area contributed by atoms with Crippen LogP contribution in [0, 0.1) is 12.8 Å². The Bertz CT molecular complexity index is 215. The predicted octanol–water partition coefficient (Wildman–Crippen LogP) is 2.24. The van der Waals surface area contributed by atoms with Crippen LogP contribution in [0.2, 0.25) is 0 Å². The van der Waals surface area contributed by atoms with Crippen LogP contribution in [0.15, 0.2) is 12.5 Å². The maximum absolute atomic E-state index is 4.17. The molecule has 1 aromatic heterocycles. The van der Waals surface area contributed by atoms with Crippen LogP contribution in [0.5, 0.6) is 0 Å². The lowest BCUT2D eigenvalue weighted by atomic mass is 10.1. The minimum absolute atomic E-state index is 0.753. The SMILES string of the molecule is CCC(C)Cn1cnc(C)c1. The average molecular weight is 152 g/mol. The Kier molecular flexibility index (Phi) is 2.69. The molecule has 0 aliphatic heterocycles. The molecule has 62 valence electrons. The standard InChI is InChI=1S/C9H16N2/c1-4-8(2)5-11-6-9(3)10-7-11/h6-8H,4-5H2,1-3H3. The molecule has 0 aromatic carbocycles. The molecular formula is C9H16N2. The van der Waals surface area contributed by atoms with Crippen molar-refractivity contribution in [3.05, 3.63) is 18.2 Å². The Labute approximate surface area is 68.3 Å². The summed E-state index contributed by atoms with van der Waals surface area (Å²) in [7, 11) is 0. The summed E-state index contributed by atoms with van der Waals surface area (Å²) < 4.78 is 2.16. The Morgan fingerprint density at radius 2 is 2.36 bits per heavy atom. The average Bonchev–Trinajstić information content (AvgIpc) is 2.35. The highest BCUT2D eigenvalue weighted by Crippen LogP contribution is 2.05. The van der Waals surface area contributed by atoms with Crippen LogP contribution in [-0.4, -0.2) is 9.55 Å². The molecule has 0 amide bonds. The Morgan fingerprint density at radius 1 is 1.64 bits per heavy atom. The minimum Gasteiger partial charge on any atom is -0.337 e. The fraction of sp³-hybridized carbons (Fsp3) is 0.667. The first-order valence-electron chi connectivity index (χ1n) is 4.20. The lowest BCUT2D eigenvalue weighted by Crippen LogP contribution is -2.03. The van der Waals surface area contributed by atoms with Gasteiger partial charge in [0.1, 0.15) is 0 Å². The zero-order chi connectivity index (χ0) is 8.27. The normalized spacial score (nSPS) is 13.4. The van der Waals surface area contributed by atoms with Gasteiger partial charge < -0.3 is 4.57 Å². The van der Waals surface area contributed by atoms with Gasteiger partial charge >= 0.3 is 0 Å². The van der Waals surface area contributed by atoms with Crippen molar-refractivity contribution in [3.63, 3.8) is 0 Å². The number of imidazole rings is 1. The van der Waals surface area contributed by atoms with E-state index in [4.69, 9.17) is 0 Å². The van der Waals surface area contributed by atoms with E-state index in [1.807, 2.05) is 13.3 Å². The molecule has 2 heteroatoms. The van der Waals surface area contributed by atoms with Gasteiger partial charge in [-0.15, -0.1) is 0 Å². The highest BCUT2D eigenvalue weighted by Gasteiger charge is 1.99. The minimum atomic E-state index is 0.753. The van der Waals surface area contributed by atoms with Gasteiger partial charge in [-0.2, -0.15) is 0 Å². The molecule has 1 heterocycles. The van der Waals surface area contributed by atoms with Crippen molar-refractivity contribution in [1.29, 1.82) is 0 Å². The smallest absolute Gasteiger partial charge is 0.0949 e. The topological polar surface area (TPSA) is 17.8 Å². The molecule has 0 spiro atoms. The molecule has 0 aliphatic rings. The summed E-state index contributed by atoms with van der Waals surface area (Å²) >= 11 is 0. The van der Waals surface area contributed by atoms with Crippen molar-refractivity contribution in [1.82, 2.24) is 9.55 Å². The summed E-state index contributed by atoms with van der Waals surface area (Å²) in [5.41, 5.74) is 1.10. The second-order valence-corrected chi connectivity index (χ2v) is 3.23. The number of aromatic nitrogens is 2. The first kappa shape index (κ1) is 8.31. The quantitative estimate of drug-likeness (QED) is 0.649. The van der Waals surface area contributed by atoms with E-state index >= 15 is 0 Å². The largest absolute Gasteiger partial charge is 0.337 e. The number of rotatable bonds is 3. The third-order valence-corrected chi connectivity index (χ3v) is 1.98. The van der Waals surface area contributed by atoms with Gasteiger partial charge in [-0.25, -0.2) is 4.98 Å². The van der Waals surface area contributed by atoms with E-state index in [0.29, 0.717) is 0 Å². The van der Waals surface area contributed by atoms with Crippen molar-refractivity contribution in [2.75, 3.05) is 0 Å². The Hall–Kier alpha value is -0.790. The second kappa shape index (κ2) is 3.56. The first-order chi connectivity index (χ1) is 5.22. The maximum atomic E-state index is 4.17. The molecule has 1 unspecified atom stereocenters. The summed E-state index contributed by atoms with van der Waals surface area (Å²) in [6, 6.07) is 0. The molecule has 2 nitrogen and oxygen atoms in total. The van der Waals surface area contributed by atoms with Crippen LogP contribution >= 0.6 is 0 Å². The van der Waals surface area contributed by atoms with E-state index in [0.717, 1.165) is 18.2 Å². The van der Waals surface area contributed by atoms with Gasteiger partial charge in [-0.1, -0.05) is 20.3 Å². The molecule has 0 fully saturated rings. The highest BCUT2D eigenvalue weighted by molar-refractivity contribution is 4.92. The molecule has 0 saturated heterocycles. The third kappa shape index (κ3) is 2.37. The highest BCUT2D eigenvalue weighted by atomic mass is 15.0. The number of aryl methyl sites for hydroxylation is 1. The summed E-state index contributed by atoms with van der Waals surface area (Å²) in [6.45, 7) is 7.59. The third-order valence-electron chi connectivity index (χ3n) is 1.98. The van der Waals surface area contributed by atoms with Crippen molar-refractivity contribution in [2.45, 2.75) is 33.7 Å². The van der Waals surface area contributed by atoms with E-state index in [9.17, 15) is 0 Å². The Morgan fingerprint density at radius 3 is 2.82 bits per heavy atom. The van der Waals surface area contributed by atoms with E-state index in [1.165, 1.54) is 6.42 Å². The van der Waals surface area contributed by atoms with E-state index in [2.05, 4.69) is 29.6 Å².